The van der Waals surface area contributed by atoms with E-state index in [1.54, 1.807) is 11.3 Å². The van der Waals surface area contributed by atoms with Gasteiger partial charge in [0.15, 0.2) is 0 Å². The van der Waals surface area contributed by atoms with E-state index in [9.17, 15) is 5.26 Å². The molecule has 3 nitrogen and oxygen atoms in total. The fraction of sp³-hybridized carbons (Fsp3) is 0.0244. The molecule has 0 spiro atoms. The lowest BCUT2D eigenvalue weighted by Crippen LogP contribution is -2.27. The van der Waals surface area contributed by atoms with Crippen LogP contribution in [0.4, 0.5) is 0 Å². The Morgan fingerprint density at radius 1 is 0.578 bits per heavy atom. The molecule has 4 heteroatoms. The number of nitriles is 1. The molecule has 1 aliphatic rings. The summed E-state index contributed by atoms with van der Waals surface area (Å²) < 4.78 is 2.26. The Balaban J connectivity index is 1.22. The first-order chi connectivity index (χ1) is 22.2. The van der Waals surface area contributed by atoms with Gasteiger partial charge in [0.25, 0.3) is 0 Å². The van der Waals surface area contributed by atoms with Crippen LogP contribution < -0.4 is 5.32 Å². The minimum absolute atomic E-state index is 0.196. The Bertz CT molecular complexity index is 2270. The van der Waals surface area contributed by atoms with E-state index < -0.39 is 0 Å². The molecule has 2 heterocycles. The molecule has 0 bridgehead atoms. The third-order valence-corrected chi connectivity index (χ3v) is 9.50. The van der Waals surface area contributed by atoms with Crippen LogP contribution in [-0.2, 0) is 0 Å². The first-order valence-corrected chi connectivity index (χ1v) is 15.8. The fourth-order valence-corrected chi connectivity index (χ4v) is 7.25. The van der Waals surface area contributed by atoms with Gasteiger partial charge in [0.2, 0.25) is 0 Å². The Morgan fingerprint density at radius 3 is 1.82 bits per heavy atom. The van der Waals surface area contributed by atoms with Crippen molar-refractivity contribution in [1.82, 2.24) is 5.32 Å². The maximum absolute atomic E-state index is 10.2. The van der Waals surface area contributed by atoms with E-state index in [0.717, 1.165) is 43.7 Å². The van der Waals surface area contributed by atoms with Gasteiger partial charge in [0, 0.05) is 31.4 Å². The minimum atomic E-state index is -0.196. The third kappa shape index (κ3) is 5.10. The molecular formula is C41H27N3S. The van der Waals surface area contributed by atoms with Crippen molar-refractivity contribution >= 4 is 43.0 Å². The zero-order valence-corrected chi connectivity index (χ0v) is 25.1. The number of hydrogen-bond donors (Lipinski definition) is 1. The van der Waals surface area contributed by atoms with Gasteiger partial charge in [0.05, 0.1) is 17.7 Å². The van der Waals surface area contributed by atoms with Crippen LogP contribution in [0, 0.1) is 11.3 Å². The van der Waals surface area contributed by atoms with Gasteiger partial charge in [-0.15, -0.1) is 11.3 Å². The second-order valence-electron chi connectivity index (χ2n) is 11.2. The molecule has 1 unspecified atom stereocenters. The Kier molecular flexibility index (Phi) is 6.79. The highest BCUT2D eigenvalue weighted by Crippen LogP contribution is 2.38. The first kappa shape index (κ1) is 26.8. The van der Waals surface area contributed by atoms with Gasteiger partial charge in [-0.2, -0.15) is 5.26 Å². The molecule has 8 rings (SSSR count). The van der Waals surface area contributed by atoms with E-state index in [4.69, 9.17) is 4.99 Å². The maximum Gasteiger partial charge on any atom is 0.133 e. The van der Waals surface area contributed by atoms with Crippen LogP contribution in [0.25, 0.3) is 48.1 Å². The average molecular weight is 594 g/mol. The molecule has 0 saturated heterocycles. The molecule has 45 heavy (non-hydrogen) atoms. The molecule has 0 saturated carbocycles. The van der Waals surface area contributed by atoms with Crippen molar-refractivity contribution in [2.75, 3.05) is 0 Å². The molecule has 212 valence electrons. The predicted octanol–water partition coefficient (Wildman–Crippen LogP) is 10.4. The summed E-state index contributed by atoms with van der Waals surface area (Å²) in [6.45, 7) is 0. The van der Waals surface area contributed by atoms with E-state index >= 15 is 0 Å². The predicted molar refractivity (Wildman–Crippen MR) is 188 cm³/mol. The lowest BCUT2D eigenvalue weighted by molar-refractivity contribution is 0.880. The van der Waals surface area contributed by atoms with Crippen LogP contribution in [-0.4, -0.2) is 5.84 Å². The van der Waals surface area contributed by atoms with Gasteiger partial charge < -0.3 is 5.32 Å². The Morgan fingerprint density at radius 2 is 1.16 bits per heavy atom. The maximum atomic E-state index is 10.2. The highest BCUT2D eigenvalue weighted by atomic mass is 32.1. The van der Waals surface area contributed by atoms with E-state index in [2.05, 4.69) is 133 Å². The van der Waals surface area contributed by atoms with E-state index in [1.807, 2.05) is 30.3 Å². The quantitative estimate of drug-likeness (QED) is 0.216. The van der Waals surface area contributed by atoms with Crippen molar-refractivity contribution in [2.45, 2.75) is 6.04 Å². The van der Waals surface area contributed by atoms with Gasteiger partial charge in [-0.05, 0) is 57.7 Å². The molecule has 0 fully saturated rings. The number of nitrogens with zero attached hydrogens (tertiary/aromatic N) is 2. The summed E-state index contributed by atoms with van der Waals surface area (Å²) in [6.07, 6.45) is 2.20. The molecule has 6 aromatic carbocycles. The summed E-state index contributed by atoms with van der Waals surface area (Å²) in [5, 5.41) is 16.0. The highest BCUT2D eigenvalue weighted by Gasteiger charge is 2.21. The van der Waals surface area contributed by atoms with Crippen molar-refractivity contribution < 1.29 is 0 Å². The van der Waals surface area contributed by atoms with Crippen molar-refractivity contribution in [3.8, 4) is 28.3 Å². The summed E-state index contributed by atoms with van der Waals surface area (Å²) in [7, 11) is 0. The van der Waals surface area contributed by atoms with Crippen LogP contribution in [0.15, 0.2) is 157 Å². The molecule has 7 aromatic rings. The van der Waals surface area contributed by atoms with Crippen LogP contribution in [0.5, 0.6) is 0 Å². The van der Waals surface area contributed by atoms with E-state index in [0.29, 0.717) is 5.56 Å². The monoisotopic (exact) mass is 593 g/mol. The second-order valence-corrected chi connectivity index (χ2v) is 12.3. The number of benzene rings is 6. The Hall–Kier alpha value is -5.76. The molecular weight excluding hydrogens is 567 g/mol. The smallest absolute Gasteiger partial charge is 0.133 e. The molecule has 0 radical (unpaired) electrons. The Labute approximate surface area is 266 Å². The largest absolute Gasteiger partial charge is 0.340 e. The van der Waals surface area contributed by atoms with Crippen molar-refractivity contribution in [3.63, 3.8) is 0 Å². The number of nitrogens with one attached hydrogen (secondary N) is 1. The van der Waals surface area contributed by atoms with Crippen molar-refractivity contribution in [3.05, 3.63) is 174 Å². The van der Waals surface area contributed by atoms with Crippen LogP contribution in [0.1, 0.15) is 28.3 Å². The van der Waals surface area contributed by atoms with Crippen molar-refractivity contribution in [2.24, 2.45) is 4.99 Å². The van der Waals surface area contributed by atoms with E-state index in [-0.39, 0.29) is 6.04 Å². The number of aliphatic imine (C=N–C) groups is 1. The second kappa shape index (κ2) is 11.4. The summed E-state index contributed by atoms with van der Waals surface area (Å²) in [4.78, 5) is 5.23. The first-order valence-electron chi connectivity index (χ1n) is 15.0. The number of fused-ring (bicyclic) bond motifs is 3. The van der Waals surface area contributed by atoms with Crippen molar-refractivity contribution in [1.29, 1.82) is 5.26 Å². The summed E-state index contributed by atoms with van der Waals surface area (Å²) in [5.74, 6) is 0.757. The third-order valence-electron chi connectivity index (χ3n) is 8.38. The van der Waals surface area contributed by atoms with E-state index in [1.165, 1.54) is 27.0 Å². The molecule has 1 N–H and O–H groups in total. The topological polar surface area (TPSA) is 48.2 Å². The molecule has 1 atom stereocenters. The van der Waals surface area contributed by atoms with Crippen LogP contribution >= 0.6 is 11.3 Å². The van der Waals surface area contributed by atoms with Gasteiger partial charge in [-0.1, -0.05) is 127 Å². The number of hydrogen-bond acceptors (Lipinski definition) is 4. The minimum Gasteiger partial charge on any atom is -0.340 e. The number of amidine groups is 1. The van der Waals surface area contributed by atoms with Crippen LogP contribution in [0.3, 0.4) is 0 Å². The molecule has 1 aromatic heterocycles. The standard InChI is InChI=1S/C41H27N3S/c42-26-34-23-33(24-39-40(34)35-13-7-8-14-38(35)45-39)41-43-36(31-19-15-29(16-20-31)27-9-3-1-4-10-27)25-37(44-41)32-21-17-30(18-22-32)28-11-5-2-6-12-28/h1-25,36H,(H,43,44). The number of rotatable bonds is 5. The summed E-state index contributed by atoms with van der Waals surface area (Å²) in [6, 6.07) is 52.9. The molecule has 1 aliphatic heterocycles. The zero-order valence-electron chi connectivity index (χ0n) is 24.3. The zero-order chi connectivity index (χ0) is 30.2. The van der Waals surface area contributed by atoms with Gasteiger partial charge in [0.1, 0.15) is 5.84 Å². The number of thiophene rings is 1. The lowest BCUT2D eigenvalue weighted by Gasteiger charge is -2.24. The van der Waals surface area contributed by atoms with Gasteiger partial charge in [-0.25, -0.2) is 0 Å². The van der Waals surface area contributed by atoms with Gasteiger partial charge in [-0.3, -0.25) is 4.99 Å². The average Bonchev–Trinajstić information content (AvgIpc) is 3.51. The summed E-state index contributed by atoms with van der Waals surface area (Å²) in [5.41, 5.74) is 9.47. The van der Waals surface area contributed by atoms with Crippen LogP contribution in [0.2, 0.25) is 0 Å². The SMILES string of the molecule is N#Cc1cc(C2=NC(c3ccc(-c4ccccc4)cc3)C=C(c3ccc(-c4ccccc4)cc3)N2)cc2sc3ccccc3c12. The fourth-order valence-electron chi connectivity index (χ4n) is 6.08. The normalized spacial score (nSPS) is 14.4. The lowest BCUT2D eigenvalue weighted by atomic mass is 9.96. The molecule has 0 aliphatic carbocycles. The summed E-state index contributed by atoms with van der Waals surface area (Å²) >= 11 is 1.71. The van der Waals surface area contributed by atoms with Gasteiger partial charge >= 0.3 is 0 Å². The highest BCUT2D eigenvalue weighted by molar-refractivity contribution is 7.25. The molecule has 0 amide bonds.